The molecule has 1 aromatic carbocycles. The van der Waals surface area contributed by atoms with Crippen molar-refractivity contribution >= 4 is 41.3 Å². The van der Waals surface area contributed by atoms with Crippen LogP contribution in [0.2, 0.25) is 0 Å². The first-order chi connectivity index (χ1) is 12.0. The average Bonchev–Trinajstić information content (AvgIpc) is 2.91. The van der Waals surface area contributed by atoms with Crippen molar-refractivity contribution < 1.29 is 13.5 Å². The Morgan fingerprint density at radius 3 is 2.62 bits per heavy atom. The molecule has 0 bridgehead atoms. The Morgan fingerprint density at radius 1 is 1.27 bits per heavy atom. The SMILES string of the molecule is CN=C(NCc1cccc(OCC(F)F)c1)NCc1sc(C)nc1C.I. The average molecular weight is 496 g/mol. The molecule has 0 saturated carbocycles. The highest BCUT2D eigenvalue weighted by molar-refractivity contribution is 14.0. The van der Waals surface area contributed by atoms with Crippen molar-refractivity contribution in [2.75, 3.05) is 13.7 Å². The van der Waals surface area contributed by atoms with Gasteiger partial charge in [-0.15, -0.1) is 35.3 Å². The quantitative estimate of drug-likeness (QED) is 0.347. The van der Waals surface area contributed by atoms with Gasteiger partial charge < -0.3 is 15.4 Å². The van der Waals surface area contributed by atoms with E-state index in [1.165, 1.54) is 4.88 Å². The van der Waals surface area contributed by atoms with Gasteiger partial charge in [0.1, 0.15) is 12.4 Å². The minimum atomic E-state index is -2.48. The lowest BCUT2D eigenvalue weighted by molar-refractivity contribution is 0.0818. The summed E-state index contributed by atoms with van der Waals surface area (Å²) in [6.07, 6.45) is -2.48. The number of benzene rings is 1. The molecule has 2 rings (SSSR count). The van der Waals surface area contributed by atoms with Gasteiger partial charge in [-0.2, -0.15) is 0 Å². The third-order valence-corrected chi connectivity index (χ3v) is 4.45. The number of aliphatic imine (C=N–C) groups is 1. The first-order valence-electron chi connectivity index (χ1n) is 7.85. The van der Waals surface area contributed by atoms with E-state index in [4.69, 9.17) is 4.74 Å². The molecule has 0 radical (unpaired) electrons. The largest absolute Gasteiger partial charge is 0.488 e. The van der Waals surface area contributed by atoms with Crippen LogP contribution in [0.1, 0.15) is 21.1 Å². The Morgan fingerprint density at radius 2 is 2.00 bits per heavy atom. The summed E-state index contributed by atoms with van der Waals surface area (Å²) in [5, 5.41) is 7.48. The van der Waals surface area contributed by atoms with Crippen LogP contribution in [-0.2, 0) is 13.1 Å². The smallest absolute Gasteiger partial charge is 0.272 e. The number of nitrogens with one attached hydrogen (secondary N) is 2. The fourth-order valence-electron chi connectivity index (χ4n) is 2.21. The molecule has 0 aliphatic heterocycles. The van der Waals surface area contributed by atoms with Gasteiger partial charge in [0.15, 0.2) is 5.96 Å². The summed E-state index contributed by atoms with van der Waals surface area (Å²) in [7, 11) is 1.70. The van der Waals surface area contributed by atoms with E-state index in [2.05, 4.69) is 20.6 Å². The second-order valence-electron chi connectivity index (χ2n) is 5.37. The lowest BCUT2D eigenvalue weighted by atomic mass is 10.2. The van der Waals surface area contributed by atoms with E-state index in [0.29, 0.717) is 24.8 Å². The molecule has 0 unspecified atom stereocenters. The number of ether oxygens (including phenoxy) is 1. The number of guanidine groups is 1. The van der Waals surface area contributed by atoms with Gasteiger partial charge in [0.05, 0.1) is 17.2 Å². The van der Waals surface area contributed by atoms with Crippen LogP contribution in [0, 0.1) is 13.8 Å². The molecular weight excluding hydrogens is 473 g/mol. The number of hydrogen-bond acceptors (Lipinski definition) is 4. The van der Waals surface area contributed by atoms with Crippen molar-refractivity contribution in [3.8, 4) is 5.75 Å². The van der Waals surface area contributed by atoms with E-state index in [1.54, 1.807) is 36.6 Å². The van der Waals surface area contributed by atoms with E-state index in [9.17, 15) is 8.78 Å². The van der Waals surface area contributed by atoms with Gasteiger partial charge in [0.25, 0.3) is 6.43 Å². The zero-order chi connectivity index (χ0) is 18.2. The molecule has 0 saturated heterocycles. The molecule has 1 heterocycles. The van der Waals surface area contributed by atoms with Crippen LogP contribution in [0.3, 0.4) is 0 Å². The molecule has 144 valence electrons. The monoisotopic (exact) mass is 496 g/mol. The van der Waals surface area contributed by atoms with Crippen molar-refractivity contribution in [1.29, 1.82) is 0 Å². The molecule has 5 nitrogen and oxygen atoms in total. The van der Waals surface area contributed by atoms with Crippen LogP contribution in [0.25, 0.3) is 0 Å². The highest BCUT2D eigenvalue weighted by Crippen LogP contribution is 2.16. The van der Waals surface area contributed by atoms with Gasteiger partial charge in [0, 0.05) is 18.5 Å². The van der Waals surface area contributed by atoms with Crippen LogP contribution in [0.4, 0.5) is 8.78 Å². The molecule has 2 N–H and O–H groups in total. The fourth-order valence-corrected chi connectivity index (χ4v) is 3.09. The van der Waals surface area contributed by atoms with Gasteiger partial charge in [0.2, 0.25) is 0 Å². The maximum absolute atomic E-state index is 12.2. The Labute approximate surface area is 173 Å². The number of thiazole rings is 1. The lowest BCUT2D eigenvalue weighted by Gasteiger charge is -2.12. The molecule has 2 aromatic rings. The Hall–Kier alpha value is -1.49. The van der Waals surface area contributed by atoms with Gasteiger partial charge in [-0.3, -0.25) is 4.99 Å². The molecule has 9 heteroatoms. The number of halogens is 3. The summed E-state index contributed by atoms with van der Waals surface area (Å²) in [6, 6.07) is 7.07. The van der Waals surface area contributed by atoms with E-state index < -0.39 is 13.0 Å². The second-order valence-corrected chi connectivity index (χ2v) is 6.66. The third-order valence-electron chi connectivity index (χ3n) is 3.37. The maximum Gasteiger partial charge on any atom is 0.272 e. The first kappa shape index (κ1) is 22.6. The molecular formula is C17H23F2IN4OS. The maximum atomic E-state index is 12.2. The van der Waals surface area contributed by atoms with Crippen molar-refractivity contribution in [3.05, 3.63) is 45.4 Å². The van der Waals surface area contributed by atoms with Crippen LogP contribution < -0.4 is 15.4 Å². The normalized spacial score (nSPS) is 11.2. The molecule has 0 atom stereocenters. The predicted octanol–water partition coefficient (Wildman–Crippen LogP) is 3.89. The summed E-state index contributed by atoms with van der Waals surface area (Å²) in [5.74, 6) is 1.09. The molecule has 1 aromatic heterocycles. The number of nitrogens with zero attached hydrogens (tertiary/aromatic N) is 2. The van der Waals surface area contributed by atoms with E-state index in [0.717, 1.165) is 16.3 Å². The topological polar surface area (TPSA) is 58.5 Å². The Kier molecular flexibility index (Phi) is 9.78. The summed E-state index contributed by atoms with van der Waals surface area (Å²) in [6.45, 7) is 4.52. The minimum absolute atomic E-state index is 0. The predicted molar refractivity (Wildman–Crippen MR) is 112 cm³/mol. The zero-order valence-corrected chi connectivity index (χ0v) is 18.0. The van der Waals surface area contributed by atoms with Gasteiger partial charge in [-0.1, -0.05) is 12.1 Å². The van der Waals surface area contributed by atoms with Crippen LogP contribution >= 0.6 is 35.3 Å². The van der Waals surface area contributed by atoms with Crippen molar-refractivity contribution in [2.45, 2.75) is 33.4 Å². The van der Waals surface area contributed by atoms with Gasteiger partial charge in [-0.05, 0) is 31.5 Å². The summed E-state index contributed by atoms with van der Waals surface area (Å²) in [4.78, 5) is 9.75. The van der Waals surface area contributed by atoms with E-state index in [1.807, 2.05) is 19.9 Å². The third kappa shape index (κ3) is 7.40. The first-order valence-corrected chi connectivity index (χ1v) is 8.67. The molecule has 26 heavy (non-hydrogen) atoms. The number of rotatable bonds is 7. The van der Waals surface area contributed by atoms with E-state index in [-0.39, 0.29) is 24.0 Å². The lowest BCUT2D eigenvalue weighted by Crippen LogP contribution is -2.36. The summed E-state index contributed by atoms with van der Waals surface area (Å²) < 4.78 is 29.5. The second kappa shape index (κ2) is 11.3. The molecule has 0 amide bonds. The number of aromatic nitrogens is 1. The van der Waals surface area contributed by atoms with Crippen molar-refractivity contribution in [2.24, 2.45) is 4.99 Å². The highest BCUT2D eigenvalue weighted by Gasteiger charge is 2.07. The highest BCUT2D eigenvalue weighted by atomic mass is 127. The molecule has 0 aliphatic rings. The molecule has 0 fully saturated rings. The number of aryl methyl sites for hydroxylation is 2. The molecule has 0 spiro atoms. The van der Waals surface area contributed by atoms with Crippen molar-refractivity contribution in [1.82, 2.24) is 15.6 Å². The van der Waals surface area contributed by atoms with Crippen LogP contribution in [0.15, 0.2) is 29.3 Å². The zero-order valence-electron chi connectivity index (χ0n) is 14.9. The van der Waals surface area contributed by atoms with E-state index >= 15 is 0 Å². The molecule has 0 aliphatic carbocycles. The van der Waals surface area contributed by atoms with Crippen LogP contribution in [-0.4, -0.2) is 31.0 Å². The number of alkyl halides is 2. The standard InChI is InChI=1S/C17H22F2N4OS.HI/c1-11-15(25-12(2)23-11)9-22-17(20-3)21-8-13-5-4-6-14(7-13)24-10-16(18)19;/h4-7,16H,8-10H2,1-3H3,(H2,20,21,22);1H. The minimum Gasteiger partial charge on any atom is -0.488 e. The van der Waals surface area contributed by atoms with Crippen LogP contribution in [0.5, 0.6) is 5.75 Å². The van der Waals surface area contributed by atoms with Gasteiger partial charge in [-0.25, -0.2) is 13.8 Å². The van der Waals surface area contributed by atoms with Gasteiger partial charge >= 0.3 is 0 Å². The van der Waals surface area contributed by atoms with Crippen molar-refractivity contribution in [3.63, 3.8) is 0 Å². The number of hydrogen-bond donors (Lipinski definition) is 2. The Balaban J connectivity index is 0.00000338. The Bertz CT molecular complexity index is 725. The summed E-state index contributed by atoms with van der Waals surface area (Å²) in [5.41, 5.74) is 1.94. The summed E-state index contributed by atoms with van der Waals surface area (Å²) >= 11 is 1.66. The fraction of sp³-hybridized carbons (Fsp3) is 0.412.